The molecule has 2 heterocycles. The van der Waals surface area contributed by atoms with Crippen molar-refractivity contribution in [3.63, 3.8) is 0 Å². The van der Waals surface area contributed by atoms with Crippen LogP contribution in [0.25, 0.3) is 6.08 Å². The predicted molar refractivity (Wildman–Crippen MR) is 100 cm³/mol. The second kappa shape index (κ2) is 7.48. The molecule has 6 nitrogen and oxygen atoms in total. The van der Waals surface area contributed by atoms with Crippen LogP contribution in [0.3, 0.4) is 0 Å². The lowest BCUT2D eigenvalue weighted by Gasteiger charge is -2.28. The fourth-order valence-corrected chi connectivity index (χ4v) is 5.18. The van der Waals surface area contributed by atoms with Crippen LogP contribution in [-0.2, 0) is 14.6 Å². The van der Waals surface area contributed by atoms with Crippen molar-refractivity contribution in [3.8, 4) is 11.5 Å². The molecule has 0 radical (unpaired) electrons. The maximum absolute atomic E-state index is 12.7. The smallest absolute Gasteiger partial charge is 0.246 e. The molecule has 1 amide bonds. The van der Waals surface area contributed by atoms with Crippen LogP contribution in [0.5, 0.6) is 11.5 Å². The number of benzene rings is 1. The van der Waals surface area contributed by atoms with Gasteiger partial charge in [-0.05, 0) is 36.1 Å². The third-order valence-electron chi connectivity index (χ3n) is 4.36. The number of sulfone groups is 1. The zero-order valence-electron chi connectivity index (χ0n) is 14.8. The molecule has 8 heteroatoms. The molecule has 0 spiro atoms. The van der Waals surface area contributed by atoms with Gasteiger partial charge in [-0.15, -0.1) is 0 Å². The third kappa shape index (κ3) is 4.32. The number of carbonyl (C=O) groups excluding carboxylic acids is 1. The molecule has 3 rings (SSSR count). The van der Waals surface area contributed by atoms with Gasteiger partial charge in [0.25, 0.3) is 0 Å². The van der Waals surface area contributed by atoms with E-state index in [9.17, 15) is 13.2 Å². The quantitative estimate of drug-likeness (QED) is 0.712. The summed E-state index contributed by atoms with van der Waals surface area (Å²) in [5.41, 5.74) is 0.719. The summed E-state index contributed by atoms with van der Waals surface area (Å²) in [4.78, 5) is 14.4. The van der Waals surface area contributed by atoms with Gasteiger partial charge in [-0.2, -0.15) is 0 Å². The molecule has 2 aliphatic heterocycles. The van der Waals surface area contributed by atoms with Crippen LogP contribution in [0, 0.1) is 5.92 Å². The summed E-state index contributed by atoms with van der Waals surface area (Å²) >= 11 is 6.16. The van der Waals surface area contributed by atoms with E-state index >= 15 is 0 Å². The van der Waals surface area contributed by atoms with Gasteiger partial charge in [0, 0.05) is 18.7 Å². The number of ether oxygens (including phenoxy) is 2. The van der Waals surface area contributed by atoms with Gasteiger partial charge in [-0.3, -0.25) is 4.79 Å². The van der Waals surface area contributed by atoms with Gasteiger partial charge >= 0.3 is 0 Å². The van der Waals surface area contributed by atoms with Crippen molar-refractivity contribution >= 4 is 33.4 Å². The molecule has 1 aromatic carbocycles. The molecule has 1 fully saturated rings. The van der Waals surface area contributed by atoms with Crippen LogP contribution >= 0.6 is 11.6 Å². The van der Waals surface area contributed by atoms with Gasteiger partial charge < -0.3 is 14.4 Å². The average molecular weight is 400 g/mol. The van der Waals surface area contributed by atoms with E-state index in [0.29, 0.717) is 29.5 Å². The predicted octanol–water partition coefficient (Wildman–Crippen LogP) is 2.75. The van der Waals surface area contributed by atoms with E-state index in [1.54, 1.807) is 23.1 Å². The Bertz CT molecular complexity index is 834. The number of carbonyl (C=O) groups is 1. The van der Waals surface area contributed by atoms with E-state index < -0.39 is 9.84 Å². The molecule has 0 aromatic heterocycles. The second-order valence-electron chi connectivity index (χ2n) is 7.01. The molecule has 1 aromatic rings. The molecule has 0 bridgehead atoms. The van der Waals surface area contributed by atoms with Crippen molar-refractivity contribution in [1.29, 1.82) is 0 Å². The van der Waals surface area contributed by atoms with Gasteiger partial charge in [0.05, 0.1) is 16.5 Å². The van der Waals surface area contributed by atoms with Crippen molar-refractivity contribution in [2.75, 3.05) is 24.8 Å². The Morgan fingerprint density at radius 2 is 2.15 bits per heavy atom. The number of hydrogen-bond acceptors (Lipinski definition) is 5. The van der Waals surface area contributed by atoms with Crippen molar-refractivity contribution in [3.05, 3.63) is 28.8 Å². The van der Waals surface area contributed by atoms with Crippen LogP contribution in [0.1, 0.15) is 25.8 Å². The molecule has 26 heavy (non-hydrogen) atoms. The van der Waals surface area contributed by atoms with Crippen LogP contribution in [-0.4, -0.2) is 50.1 Å². The van der Waals surface area contributed by atoms with Crippen LogP contribution < -0.4 is 9.47 Å². The fraction of sp³-hybridized carbons (Fsp3) is 0.500. The Labute approximate surface area is 158 Å². The van der Waals surface area contributed by atoms with Crippen molar-refractivity contribution in [2.24, 2.45) is 5.92 Å². The lowest BCUT2D eigenvalue weighted by Crippen LogP contribution is -2.42. The van der Waals surface area contributed by atoms with E-state index in [2.05, 4.69) is 0 Å². The lowest BCUT2D eigenvalue weighted by molar-refractivity contribution is -0.128. The second-order valence-corrected chi connectivity index (χ2v) is 9.65. The molecule has 0 aliphatic carbocycles. The number of amides is 1. The molecule has 142 valence electrons. The van der Waals surface area contributed by atoms with Gasteiger partial charge in [0.15, 0.2) is 21.3 Å². The highest BCUT2D eigenvalue weighted by Crippen LogP contribution is 2.40. The largest absolute Gasteiger partial charge is 0.454 e. The minimum atomic E-state index is -3.06. The van der Waals surface area contributed by atoms with Gasteiger partial charge in [0.2, 0.25) is 12.7 Å². The van der Waals surface area contributed by atoms with E-state index in [1.165, 1.54) is 6.08 Å². The lowest BCUT2D eigenvalue weighted by atomic mass is 10.1. The summed E-state index contributed by atoms with van der Waals surface area (Å²) in [6, 6.07) is 3.19. The monoisotopic (exact) mass is 399 g/mol. The molecule has 1 saturated heterocycles. The number of halogens is 1. The first-order valence-electron chi connectivity index (χ1n) is 8.53. The van der Waals surface area contributed by atoms with E-state index in [1.807, 2.05) is 13.8 Å². The minimum absolute atomic E-state index is 0.0369. The first kappa shape index (κ1) is 19.0. The Kier molecular flexibility index (Phi) is 5.48. The first-order valence-corrected chi connectivity index (χ1v) is 10.7. The van der Waals surface area contributed by atoms with Gasteiger partial charge in [0.1, 0.15) is 0 Å². The molecular weight excluding hydrogens is 378 g/mol. The standard InChI is InChI=1S/C18H22ClNO5S/c1-12(2)9-20(14-5-6-26(22,23)10-14)17(21)4-3-13-7-15(19)18-16(8-13)24-11-25-18/h3-4,7-8,12,14H,5-6,9-11H2,1-2H3. The summed E-state index contributed by atoms with van der Waals surface area (Å²) < 4.78 is 34.2. The first-order chi connectivity index (χ1) is 12.2. The van der Waals surface area contributed by atoms with Gasteiger partial charge in [-0.1, -0.05) is 25.4 Å². The highest BCUT2D eigenvalue weighted by molar-refractivity contribution is 7.91. The van der Waals surface area contributed by atoms with E-state index in [0.717, 1.165) is 5.56 Å². The normalized spacial score (nSPS) is 20.8. The number of nitrogens with zero attached hydrogens (tertiary/aromatic N) is 1. The zero-order chi connectivity index (χ0) is 18.9. The number of hydrogen-bond donors (Lipinski definition) is 0. The minimum Gasteiger partial charge on any atom is -0.454 e. The molecule has 1 unspecified atom stereocenters. The summed E-state index contributed by atoms with van der Waals surface area (Å²) in [5, 5.41) is 0.424. The highest BCUT2D eigenvalue weighted by Gasteiger charge is 2.34. The van der Waals surface area contributed by atoms with Crippen molar-refractivity contribution in [2.45, 2.75) is 26.3 Å². The number of rotatable bonds is 5. The maximum atomic E-state index is 12.7. The number of fused-ring (bicyclic) bond motifs is 1. The zero-order valence-corrected chi connectivity index (χ0v) is 16.3. The van der Waals surface area contributed by atoms with E-state index in [4.69, 9.17) is 21.1 Å². The van der Waals surface area contributed by atoms with Crippen LogP contribution in [0.2, 0.25) is 5.02 Å². The topological polar surface area (TPSA) is 72.9 Å². The van der Waals surface area contributed by atoms with Gasteiger partial charge in [-0.25, -0.2) is 8.42 Å². The summed E-state index contributed by atoms with van der Waals surface area (Å²) in [6.45, 7) is 4.65. The molecular formula is C18H22ClNO5S. The summed E-state index contributed by atoms with van der Waals surface area (Å²) in [7, 11) is -3.06. The Morgan fingerprint density at radius 3 is 2.81 bits per heavy atom. The fourth-order valence-electron chi connectivity index (χ4n) is 3.18. The van der Waals surface area contributed by atoms with Crippen molar-refractivity contribution < 1.29 is 22.7 Å². The highest BCUT2D eigenvalue weighted by atomic mass is 35.5. The maximum Gasteiger partial charge on any atom is 0.246 e. The van der Waals surface area contributed by atoms with Crippen LogP contribution in [0.4, 0.5) is 0 Å². The van der Waals surface area contributed by atoms with Crippen LogP contribution in [0.15, 0.2) is 18.2 Å². The Balaban J connectivity index is 1.77. The molecule has 0 saturated carbocycles. The molecule has 0 N–H and O–H groups in total. The van der Waals surface area contributed by atoms with E-state index in [-0.39, 0.29) is 36.2 Å². The Morgan fingerprint density at radius 1 is 1.38 bits per heavy atom. The average Bonchev–Trinajstić information content (AvgIpc) is 3.16. The summed E-state index contributed by atoms with van der Waals surface area (Å²) in [6.07, 6.45) is 3.61. The summed E-state index contributed by atoms with van der Waals surface area (Å²) in [5.74, 6) is 1.28. The third-order valence-corrected chi connectivity index (χ3v) is 6.39. The molecule has 1 atom stereocenters. The Hall–Kier alpha value is -1.73. The molecule has 2 aliphatic rings. The van der Waals surface area contributed by atoms with Crippen molar-refractivity contribution in [1.82, 2.24) is 4.90 Å². The SMILES string of the molecule is CC(C)CN(C(=O)C=Cc1cc(Cl)c2c(c1)OCO2)C1CCS(=O)(=O)C1.